The Kier molecular flexibility index (Phi) is 6.75. The zero-order chi connectivity index (χ0) is 20.2. The molecule has 0 aliphatic carbocycles. The van der Waals surface area contributed by atoms with Crippen LogP contribution in [0.25, 0.3) is 0 Å². The van der Waals surface area contributed by atoms with E-state index in [9.17, 15) is 19.2 Å². The third kappa shape index (κ3) is 4.38. The van der Waals surface area contributed by atoms with Crippen molar-refractivity contribution in [2.45, 2.75) is 29.4 Å². The SMILES string of the molecule is C[C](=O)[Ge]([CH3])([CH2][Ge]([CH3])([C](C)=O)[C](=O)c1ccccc1)[C](=O)c1ccccc1. The Morgan fingerprint density at radius 2 is 0.926 bits per heavy atom. The van der Waals surface area contributed by atoms with Crippen molar-refractivity contribution in [2.75, 3.05) is 0 Å². The van der Waals surface area contributed by atoms with Crippen LogP contribution in [0.1, 0.15) is 34.6 Å². The van der Waals surface area contributed by atoms with Crippen molar-refractivity contribution in [3.05, 3.63) is 71.8 Å². The van der Waals surface area contributed by atoms with E-state index in [1.807, 2.05) is 12.1 Å². The fourth-order valence-corrected chi connectivity index (χ4v) is 37.0. The second-order valence-corrected chi connectivity index (χ2v) is 28.0. The van der Waals surface area contributed by atoms with Crippen molar-refractivity contribution in [1.29, 1.82) is 0 Å². The molecule has 2 atom stereocenters. The predicted molar refractivity (Wildman–Crippen MR) is 111 cm³/mol. The molecule has 2 aromatic rings. The van der Waals surface area contributed by atoms with E-state index in [4.69, 9.17) is 0 Å². The normalized spacial score (nSPS) is 15.3. The van der Waals surface area contributed by atoms with Gasteiger partial charge in [-0.25, -0.2) is 0 Å². The summed E-state index contributed by atoms with van der Waals surface area (Å²) in [5.74, 6) is 3.50. The van der Waals surface area contributed by atoms with Gasteiger partial charge in [-0.2, -0.15) is 0 Å². The van der Waals surface area contributed by atoms with Gasteiger partial charge in [0, 0.05) is 0 Å². The number of carbonyl (C=O) groups excluding carboxylic acids is 4. The predicted octanol–water partition coefficient (Wildman–Crippen LogP) is 3.78. The molecule has 0 N–H and O–H groups in total. The standard InChI is InChI=1S/C21H24Ge2O4/c1-16(24)22(3,20(26)18-11-7-5-8-12-18)15-23(4,17(2)25)21(27)19-13-9-6-10-14-19/h5-14H,15H2,1-4H3. The van der Waals surface area contributed by atoms with Gasteiger partial charge in [0.1, 0.15) is 0 Å². The van der Waals surface area contributed by atoms with Crippen LogP contribution in [0.3, 0.4) is 0 Å². The van der Waals surface area contributed by atoms with Gasteiger partial charge in [0.15, 0.2) is 0 Å². The van der Waals surface area contributed by atoms with Crippen LogP contribution in [0.4, 0.5) is 0 Å². The molecule has 0 saturated heterocycles. The molecule has 0 bridgehead atoms. The summed E-state index contributed by atoms with van der Waals surface area (Å²) in [4.78, 5) is 51.7. The Labute approximate surface area is 165 Å². The minimum atomic E-state index is -3.83. The molecule has 0 aromatic heterocycles. The second-order valence-electron chi connectivity index (χ2n) is 7.34. The summed E-state index contributed by atoms with van der Waals surface area (Å²) in [6.07, 6.45) is 0. The average molecular weight is 486 g/mol. The molecule has 27 heavy (non-hydrogen) atoms. The molecule has 4 nitrogen and oxygen atoms in total. The van der Waals surface area contributed by atoms with Gasteiger partial charge in [0.25, 0.3) is 0 Å². The van der Waals surface area contributed by atoms with Crippen molar-refractivity contribution in [2.24, 2.45) is 0 Å². The molecule has 0 aliphatic rings. The second kappa shape index (κ2) is 8.48. The molecule has 0 amide bonds. The first-order valence-electron chi connectivity index (χ1n) is 8.84. The first kappa shape index (κ1) is 21.5. The van der Waals surface area contributed by atoms with E-state index in [1.165, 1.54) is 13.8 Å². The van der Waals surface area contributed by atoms with Gasteiger partial charge >= 0.3 is 165 Å². The molecule has 0 spiro atoms. The van der Waals surface area contributed by atoms with Gasteiger partial charge in [-0.15, -0.1) is 0 Å². The van der Waals surface area contributed by atoms with Crippen molar-refractivity contribution in [1.82, 2.24) is 0 Å². The Morgan fingerprint density at radius 1 is 0.630 bits per heavy atom. The summed E-state index contributed by atoms with van der Waals surface area (Å²) in [5, 5.41) is 0. The van der Waals surface area contributed by atoms with Gasteiger partial charge in [0.2, 0.25) is 0 Å². The maximum atomic E-state index is 13.2. The van der Waals surface area contributed by atoms with Crippen LogP contribution in [0.5, 0.6) is 0 Å². The summed E-state index contributed by atoms with van der Waals surface area (Å²) < 4.78 is -0.374. The van der Waals surface area contributed by atoms with Gasteiger partial charge in [0.05, 0.1) is 0 Å². The summed E-state index contributed by atoms with van der Waals surface area (Å²) in [7, 11) is 0. The molecule has 140 valence electrons. The number of hydrogen-bond donors (Lipinski definition) is 0. The molecule has 0 heterocycles. The third-order valence-corrected chi connectivity index (χ3v) is 35.7. The van der Waals surface area contributed by atoms with E-state index in [-0.39, 0.29) is 22.5 Å². The van der Waals surface area contributed by atoms with Crippen molar-refractivity contribution in [3.63, 3.8) is 0 Å². The molecule has 0 aliphatic heterocycles. The van der Waals surface area contributed by atoms with Crippen LogP contribution < -0.4 is 0 Å². The van der Waals surface area contributed by atoms with Crippen LogP contribution in [-0.2, 0) is 9.59 Å². The van der Waals surface area contributed by atoms with Gasteiger partial charge < -0.3 is 0 Å². The van der Waals surface area contributed by atoms with Crippen LogP contribution in [-0.4, -0.2) is 45.0 Å². The van der Waals surface area contributed by atoms with Crippen molar-refractivity contribution < 1.29 is 19.2 Å². The molecule has 2 rings (SSSR count). The number of carbonyl (C=O) groups is 4. The van der Waals surface area contributed by atoms with Crippen LogP contribution in [0.15, 0.2) is 60.7 Å². The Morgan fingerprint density at radius 3 is 1.19 bits per heavy atom. The van der Waals surface area contributed by atoms with E-state index >= 15 is 0 Å². The first-order valence-corrected chi connectivity index (χ1v) is 20.2. The molecular weight excluding hydrogens is 461 g/mol. The van der Waals surface area contributed by atoms with E-state index in [0.717, 1.165) is 0 Å². The third-order valence-electron chi connectivity index (χ3n) is 5.34. The molecule has 0 radical (unpaired) electrons. The molecule has 0 fully saturated rings. The van der Waals surface area contributed by atoms with Crippen LogP contribution >= 0.6 is 0 Å². The van der Waals surface area contributed by atoms with Crippen molar-refractivity contribution >= 4 is 45.0 Å². The van der Waals surface area contributed by atoms with Crippen molar-refractivity contribution in [3.8, 4) is 0 Å². The number of hydrogen-bond acceptors (Lipinski definition) is 4. The van der Waals surface area contributed by atoms with Crippen LogP contribution in [0, 0.1) is 0 Å². The minimum absolute atomic E-state index is 0.136. The summed E-state index contributed by atoms with van der Waals surface area (Å²) in [6, 6.07) is 17.5. The van der Waals surface area contributed by atoms with E-state index in [1.54, 1.807) is 60.0 Å². The quantitative estimate of drug-likeness (QED) is 0.534. The summed E-state index contributed by atoms with van der Waals surface area (Å²) in [6.45, 7) is 2.88. The fraction of sp³-hybridized carbons (Fsp3) is 0.238. The topological polar surface area (TPSA) is 68.3 Å². The van der Waals surface area contributed by atoms with Gasteiger partial charge in [-0.05, 0) is 0 Å². The first-order chi connectivity index (χ1) is 12.6. The average Bonchev–Trinajstić information content (AvgIpc) is 2.67. The van der Waals surface area contributed by atoms with Gasteiger partial charge in [-0.3, -0.25) is 0 Å². The molecule has 2 unspecified atom stereocenters. The number of rotatable bonds is 8. The fourth-order valence-electron chi connectivity index (χ4n) is 3.25. The summed E-state index contributed by atoms with van der Waals surface area (Å²) in [5.41, 5.74) is 0.992. The zero-order valence-corrected chi connectivity index (χ0v) is 20.3. The van der Waals surface area contributed by atoms with E-state index in [0.29, 0.717) is 11.1 Å². The molecule has 2 aromatic carbocycles. The zero-order valence-electron chi connectivity index (χ0n) is 16.1. The molecule has 0 saturated carbocycles. The van der Waals surface area contributed by atoms with E-state index in [2.05, 4.69) is 0 Å². The Hall–Kier alpha value is -1.79. The summed E-state index contributed by atoms with van der Waals surface area (Å²) >= 11 is -7.66. The van der Waals surface area contributed by atoms with Crippen LogP contribution in [0.2, 0.25) is 15.6 Å². The van der Waals surface area contributed by atoms with Gasteiger partial charge in [-0.1, -0.05) is 0 Å². The number of benzene rings is 2. The Bertz CT molecular complexity index is 806. The Balaban J connectivity index is 2.50. The maximum absolute atomic E-state index is 13.2. The molecule has 6 heteroatoms. The molecular formula is C21H24Ge2O4. The monoisotopic (exact) mass is 488 g/mol. The van der Waals surface area contributed by atoms with E-state index < -0.39 is 26.5 Å².